The van der Waals surface area contributed by atoms with Crippen molar-refractivity contribution >= 4 is 28.9 Å². The number of non-ortho nitro benzene ring substituents is 1. The Morgan fingerprint density at radius 2 is 1.75 bits per heavy atom. The minimum absolute atomic E-state index is 0.0861. The van der Waals surface area contributed by atoms with E-state index in [9.17, 15) is 28.1 Å². The third-order valence-electron chi connectivity index (χ3n) is 3.54. The van der Waals surface area contributed by atoms with Crippen molar-refractivity contribution in [2.45, 2.75) is 6.18 Å². The molecule has 24 heavy (non-hydrogen) atoms. The van der Waals surface area contributed by atoms with Gasteiger partial charge >= 0.3 is 6.18 Å². The molecule has 1 heterocycles. The monoisotopic (exact) mass is 334 g/mol. The van der Waals surface area contributed by atoms with Crippen LogP contribution in [0.15, 0.2) is 42.5 Å². The van der Waals surface area contributed by atoms with Gasteiger partial charge in [-0.2, -0.15) is 13.2 Å². The van der Waals surface area contributed by atoms with Gasteiger partial charge in [0.25, 0.3) is 11.6 Å². The first-order chi connectivity index (χ1) is 11.3. The Morgan fingerprint density at radius 1 is 1.08 bits per heavy atom. The van der Waals surface area contributed by atoms with Gasteiger partial charge in [-0.25, -0.2) is 0 Å². The topological polar surface area (TPSA) is 72.2 Å². The number of anilines is 1. The SMILES string of the molecule is O=C1Nc2cc(C(F)(F)F)ccc2/C1=C\c1ccc([N+](=O)[O-])cc1. The third kappa shape index (κ3) is 2.85. The average molecular weight is 334 g/mol. The van der Waals surface area contributed by atoms with Crippen molar-refractivity contribution in [2.24, 2.45) is 0 Å². The molecule has 1 N–H and O–H groups in total. The van der Waals surface area contributed by atoms with Crippen LogP contribution >= 0.6 is 0 Å². The molecule has 2 aromatic rings. The zero-order chi connectivity index (χ0) is 17.5. The normalized spacial score (nSPS) is 15.3. The number of hydrogen-bond acceptors (Lipinski definition) is 3. The van der Waals surface area contributed by atoms with Crippen molar-refractivity contribution in [1.82, 2.24) is 0 Å². The fourth-order valence-electron chi connectivity index (χ4n) is 2.37. The smallest absolute Gasteiger partial charge is 0.321 e. The molecule has 0 aliphatic carbocycles. The van der Waals surface area contributed by atoms with E-state index in [1.807, 2.05) is 0 Å². The van der Waals surface area contributed by atoms with E-state index in [0.717, 1.165) is 12.1 Å². The van der Waals surface area contributed by atoms with Crippen molar-refractivity contribution in [2.75, 3.05) is 5.32 Å². The quantitative estimate of drug-likeness (QED) is 0.510. The van der Waals surface area contributed by atoms with E-state index >= 15 is 0 Å². The number of amides is 1. The van der Waals surface area contributed by atoms with Crippen LogP contribution in [0.2, 0.25) is 0 Å². The zero-order valence-electron chi connectivity index (χ0n) is 11.9. The second-order valence-electron chi connectivity index (χ2n) is 5.12. The lowest BCUT2D eigenvalue weighted by molar-refractivity contribution is -0.384. The Bertz CT molecular complexity index is 871. The van der Waals surface area contributed by atoms with Gasteiger partial charge in [0, 0.05) is 29.0 Å². The van der Waals surface area contributed by atoms with Crippen molar-refractivity contribution in [3.8, 4) is 0 Å². The number of benzene rings is 2. The molecule has 1 amide bonds. The first kappa shape index (κ1) is 15.7. The molecule has 0 atom stereocenters. The van der Waals surface area contributed by atoms with E-state index in [1.165, 1.54) is 36.4 Å². The first-order valence-electron chi connectivity index (χ1n) is 6.75. The van der Waals surface area contributed by atoms with Gasteiger partial charge in [-0.15, -0.1) is 0 Å². The minimum Gasteiger partial charge on any atom is -0.321 e. The summed E-state index contributed by atoms with van der Waals surface area (Å²) in [6.45, 7) is 0. The molecular formula is C16H9F3N2O3. The van der Waals surface area contributed by atoms with Crippen molar-refractivity contribution in [3.05, 3.63) is 69.3 Å². The second kappa shape index (κ2) is 5.48. The Labute approximate surface area is 133 Å². The summed E-state index contributed by atoms with van der Waals surface area (Å²) in [6, 6.07) is 8.50. The Morgan fingerprint density at radius 3 is 2.33 bits per heavy atom. The van der Waals surface area contributed by atoms with Crippen LogP contribution < -0.4 is 5.32 Å². The van der Waals surface area contributed by atoms with Crippen LogP contribution in [0.4, 0.5) is 24.5 Å². The molecule has 0 spiro atoms. The minimum atomic E-state index is -4.50. The second-order valence-corrected chi connectivity index (χ2v) is 5.12. The number of nitro benzene ring substituents is 1. The van der Waals surface area contributed by atoms with Crippen LogP contribution in [0.25, 0.3) is 11.6 Å². The van der Waals surface area contributed by atoms with Gasteiger partial charge in [-0.05, 0) is 35.9 Å². The van der Waals surface area contributed by atoms with E-state index in [0.29, 0.717) is 11.1 Å². The molecule has 5 nitrogen and oxygen atoms in total. The Balaban J connectivity index is 1.99. The standard InChI is InChI=1S/C16H9F3N2O3/c17-16(18,19)10-3-6-12-13(15(22)20-14(12)8-10)7-9-1-4-11(5-2-9)21(23)24/h1-8H,(H,20,22)/b13-7+. The molecule has 0 radical (unpaired) electrons. The van der Waals surface area contributed by atoms with E-state index in [1.54, 1.807) is 0 Å². The summed E-state index contributed by atoms with van der Waals surface area (Å²) in [5.41, 5.74) is 0.224. The molecule has 0 bridgehead atoms. The molecule has 2 aromatic carbocycles. The van der Waals surface area contributed by atoms with Gasteiger partial charge in [-0.1, -0.05) is 6.07 Å². The van der Waals surface area contributed by atoms with Gasteiger partial charge in [0.15, 0.2) is 0 Å². The van der Waals surface area contributed by atoms with Crippen LogP contribution in [0.1, 0.15) is 16.7 Å². The van der Waals surface area contributed by atoms with E-state index < -0.39 is 22.6 Å². The number of alkyl halides is 3. The highest BCUT2D eigenvalue weighted by Gasteiger charge is 2.33. The predicted octanol–water partition coefficient (Wildman–Crippen LogP) is 4.11. The summed E-state index contributed by atoms with van der Waals surface area (Å²) in [5.74, 6) is -0.525. The van der Waals surface area contributed by atoms with Crippen LogP contribution in [0.5, 0.6) is 0 Å². The molecule has 8 heteroatoms. The van der Waals surface area contributed by atoms with Gasteiger partial charge in [0.1, 0.15) is 0 Å². The van der Waals surface area contributed by atoms with Crippen LogP contribution in [0.3, 0.4) is 0 Å². The molecule has 3 rings (SSSR count). The summed E-state index contributed by atoms with van der Waals surface area (Å²) >= 11 is 0. The van der Waals surface area contributed by atoms with Gasteiger partial charge in [0.05, 0.1) is 10.5 Å². The largest absolute Gasteiger partial charge is 0.416 e. The highest BCUT2D eigenvalue weighted by molar-refractivity contribution is 6.34. The molecule has 0 fully saturated rings. The predicted molar refractivity (Wildman–Crippen MR) is 81.0 cm³/mol. The molecule has 0 saturated carbocycles. The van der Waals surface area contributed by atoms with Crippen molar-refractivity contribution in [1.29, 1.82) is 0 Å². The fraction of sp³-hybridized carbons (Fsp3) is 0.0625. The van der Waals surface area contributed by atoms with Crippen molar-refractivity contribution in [3.63, 3.8) is 0 Å². The summed E-state index contributed by atoms with van der Waals surface area (Å²) in [4.78, 5) is 22.1. The van der Waals surface area contributed by atoms with E-state index in [4.69, 9.17) is 0 Å². The number of nitro groups is 1. The maximum atomic E-state index is 12.7. The number of hydrogen-bond donors (Lipinski definition) is 1. The van der Waals surface area contributed by atoms with Crippen LogP contribution in [-0.2, 0) is 11.0 Å². The molecular weight excluding hydrogens is 325 g/mol. The number of carbonyl (C=O) groups excluding carboxylic acids is 1. The van der Waals surface area contributed by atoms with Crippen molar-refractivity contribution < 1.29 is 22.9 Å². The Kier molecular flexibility index (Phi) is 3.59. The zero-order valence-corrected chi connectivity index (χ0v) is 11.9. The van der Waals surface area contributed by atoms with E-state index in [2.05, 4.69) is 5.32 Å². The number of fused-ring (bicyclic) bond motifs is 1. The highest BCUT2D eigenvalue weighted by atomic mass is 19.4. The molecule has 0 aromatic heterocycles. The third-order valence-corrected chi connectivity index (χ3v) is 3.54. The summed E-state index contributed by atoms with van der Waals surface area (Å²) < 4.78 is 38.2. The molecule has 0 unspecified atom stereocenters. The summed E-state index contributed by atoms with van der Waals surface area (Å²) in [7, 11) is 0. The number of halogens is 3. The van der Waals surface area contributed by atoms with Gasteiger partial charge in [-0.3, -0.25) is 14.9 Å². The number of nitrogens with zero attached hydrogens (tertiary/aromatic N) is 1. The maximum Gasteiger partial charge on any atom is 0.416 e. The van der Waals surface area contributed by atoms with Crippen LogP contribution in [-0.4, -0.2) is 10.8 Å². The lowest BCUT2D eigenvalue weighted by atomic mass is 10.0. The van der Waals surface area contributed by atoms with E-state index in [-0.39, 0.29) is 16.9 Å². The summed E-state index contributed by atoms with van der Waals surface area (Å²) in [6.07, 6.45) is -3.03. The van der Waals surface area contributed by atoms with Crippen LogP contribution in [0, 0.1) is 10.1 Å². The number of carbonyl (C=O) groups is 1. The maximum absolute atomic E-state index is 12.7. The number of rotatable bonds is 2. The molecule has 1 aliphatic heterocycles. The van der Waals surface area contributed by atoms with Gasteiger partial charge in [0.2, 0.25) is 0 Å². The first-order valence-corrected chi connectivity index (χ1v) is 6.75. The van der Waals surface area contributed by atoms with Gasteiger partial charge < -0.3 is 5.32 Å². The lowest BCUT2D eigenvalue weighted by Crippen LogP contribution is -2.06. The number of nitrogens with one attached hydrogen (secondary N) is 1. The lowest BCUT2D eigenvalue weighted by Gasteiger charge is -2.08. The fourth-order valence-corrected chi connectivity index (χ4v) is 2.37. The molecule has 1 aliphatic rings. The average Bonchev–Trinajstić information content (AvgIpc) is 2.82. The Hall–Kier alpha value is -3.16. The molecule has 122 valence electrons. The molecule has 0 saturated heterocycles. The highest BCUT2D eigenvalue weighted by Crippen LogP contribution is 2.38. The summed E-state index contributed by atoms with van der Waals surface area (Å²) in [5, 5.41) is 13.0.